The molecule has 0 amide bonds. The summed E-state index contributed by atoms with van der Waals surface area (Å²) in [5.74, 6) is 0. The van der Waals surface area contributed by atoms with E-state index in [2.05, 4.69) is 59.0 Å². The zero-order valence-electron chi connectivity index (χ0n) is 12.0. The van der Waals surface area contributed by atoms with Crippen LogP contribution in [0.5, 0.6) is 0 Å². The molecule has 0 N–H and O–H groups in total. The quantitative estimate of drug-likeness (QED) is 0.805. The Morgan fingerprint density at radius 3 is 2.63 bits per heavy atom. The predicted molar refractivity (Wildman–Crippen MR) is 83.1 cm³/mol. The van der Waals surface area contributed by atoms with Gasteiger partial charge in [-0.1, -0.05) is 12.2 Å². The van der Waals surface area contributed by atoms with Crippen molar-refractivity contribution in [2.45, 2.75) is 6.92 Å². The number of likely N-dealkylation sites (N-methyl/N-ethyl adjacent to an activating group) is 2. The zero-order valence-corrected chi connectivity index (χ0v) is 12.0. The molecule has 2 aliphatic heterocycles. The smallest absolute Gasteiger partial charge is 0.0443 e. The molecule has 1 fully saturated rings. The molecule has 1 aromatic carbocycles. The largest absolute Gasteiger partial charge is 0.369 e. The van der Waals surface area contributed by atoms with Gasteiger partial charge < -0.3 is 14.7 Å². The van der Waals surface area contributed by atoms with Crippen molar-refractivity contribution in [3.05, 3.63) is 29.8 Å². The van der Waals surface area contributed by atoms with Crippen molar-refractivity contribution in [2.24, 2.45) is 0 Å². The first-order valence-electron chi connectivity index (χ1n) is 7.27. The fourth-order valence-electron chi connectivity index (χ4n) is 2.93. The van der Waals surface area contributed by atoms with Gasteiger partial charge in [-0.05, 0) is 37.7 Å². The molecule has 0 radical (unpaired) electrons. The molecule has 1 saturated heterocycles. The van der Waals surface area contributed by atoms with Crippen LogP contribution in [0.4, 0.5) is 11.4 Å². The summed E-state index contributed by atoms with van der Waals surface area (Å²) in [6.45, 7) is 8.93. The molecule has 3 heteroatoms. The molecule has 1 aromatic rings. The van der Waals surface area contributed by atoms with Crippen molar-refractivity contribution in [2.75, 3.05) is 56.1 Å². The number of benzene rings is 1. The summed E-state index contributed by atoms with van der Waals surface area (Å²) in [5, 5.41) is 0. The van der Waals surface area contributed by atoms with E-state index in [-0.39, 0.29) is 0 Å². The number of hydrogen-bond acceptors (Lipinski definition) is 3. The van der Waals surface area contributed by atoms with Crippen LogP contribution in [0.2, 0.25) is 0 Å². The minimum Gasteiger partial charge on any atom is -0.369 e. The first-order chi connectivity index (χ1) is 9.28. The third kappa shape index (κ3) is 2.47. The molecule has 0 saturated carbocycles. The van der Waals surface area contributed by atoms with Gasteiger partial charge in [-0.2, -0.15) is 0 Å². The van der Waals surface area contributed by atoms with Crippen molar-refractivity contribution < 1.29 is 0 Å². The van der Waals surface area contributed by atoms with Crippen LogP contribution in [-0.4, -0.2) is 51.2 Å². The van der Waals surface area contributed by atoms with Gasteiger partial charge in [-0.15, -0.1) is 0 Å². The fourth-order valence-corrected chi connectivity index (χ4v) is 2.93. The van der Waals surface area contributed by atoms with Gasteiger partial charge in [-0.25, -0.2) is 0 Å². The van der Waals surface area contributed by atoms with E-state index in [4.69, 9.17) is 0 Å². The van der Waals surface area contributed by atoms with Gasteiger partial charge in [0.1, 0.15) is 0 Å². The second-order valence-electron chi connectivity index (χ2n) is 5.47. The van der Waals surface area contributed by atoms with Crippen LogP contribution in [0.1, 0.15) is 12.5 Å². The van der Waals surface area contributed by atoms with E-state index in [1.807, 2.05) is 0 Å². The van der Waals surface area contributed by atoms with Gasteiger partial charge in [0.15, 0.2) is 0 Å². The molecule has 0 spiro atoms. The number of rotatable bonds is 2. The highest BCUT2D eigenvalue weighted by atomic mass is 15.2. The van der Waals surface area contributed by atoms with Crippen LogP contribution >= 0.6 is 0 Å². The van der Waals surface area contributed by atoms with Crippen LogP contribution in [0, 0.1) is 0 Å². The Morgan fingerprint density at radius 1 is 1.11 bits per heavy atom. The van der Waals surface area contributed by atoms with Crippen molar-refractivity contribution >= 4 is 17.5 Å². The summed E-state index contributed by atoms with van der Waals surface area (Å²) < 4.78 is 0. The Hall–Kier alpha value is -1.48. The molecule has 0 atom stereocenters. The van der Waals surface area contributed by atoms with Gasteiger partial charge in [0.05, 0.1) is 0 Å². The average molecular weight is 257 g/mol. The summed E-state index contributed by atoms with van der Waals surface area (Å²) in [7, 11) is 2.20. The normalized spacial score (nSPS) is 19.7. The number of fused-ring (bicyclic) bond motifs is 1. The molecular formula is C16H23N3. The van der Waals surface area contributed by atoms with Crippen molar-refractivity contribution in [3.8, 4) is 0 Å². The highest BCUT2D eigenvalue weighted by Gasteiger charge is 2.17. The van der Waals surface area contributed by atoms with Crippen LogP contribution in [0.3, 0.4) is 0 Å². The lowest BCUT2D eigenvalue weighted by Crippen LogP contribution is -2.44. The molecular weight excluding hydrogens is 234 g/mol. The maximum Gasteiger partial charge on any atom is 0.0443 e. The maximum absolute atomic E-state index is 2.50. The summed E-state index contributed by atoms with van der Waals surface area (Å²) in [4.78, 5) is 7.32. The molecule has 102 valence electrons. The minimum atomic E-state index is 1.04. The SMILES string of the molecule is CCN1CC=Cc2cc(N3CCN(C)CC3)ccc21. The van der Waals surface area contributed by atoms with Crippen molar-refractivity contribution in [1.29, 1.82) is 0 Å². The number of anilines is 2. The predicted octanol–water partition coefficient (Wildman–Crippen LogP) is 2.29. The van der Waals surface area contributed by atoms with E-state index in [1.54, 1.807) is 0 Å². The first kappa shape index (κ1) is 12.5. The molecule has 0 bridgehead atoms. The third-order valence-corrected chi connectivity index (χ3v) is 4.23. The van der Waals surface area contributed by atoms with E-state index in [0.29, 0.717) is 0 Å². The first-order valence-corrected chi connectivity index (χ1v) is 7.27. The second-order valence-corrected chi connectivity index (χ2v) is 5.47. The maximum atomic E-state index is 2.50. The van der Waals surface area contributed by atoms with Crippen LogP contribution in [0.25, 0.3) is 6.08 Å². The lowest BCUT2D eigenvalue weighted by atomic mass is 10.1. The topological polar surface area (TPSA) is 9.72 Å². The lowest BCUT2D eigenvalue weighted by molar-refractivity contribution is 0.313. The lowest BCUT2D eigenvalue weighted by Gasteiger charge is -2.35. The second kappa shape index (κ2) is 5.25. The Balaban J connectivity index is 1.84. The Kier molecular flexibility index (Phi) is 3.47. The minimum absolute atomic E-state index is 1.04. The summed E-state index contributed by atoms with van der Waals surface area (Å²) in [5.41, 5.74) is 4.11. The third-order valence-electron chi connectivity index (χ3n) is 4.23. The molecule has 3 rings (SSSR count). The standard InChI is InChI=1S/C16H23N3/c1-3-18-8-4-5-14-13-15(6-7-16(14)18)19-11-9-17(2)10-12-19/h4-7,13H,3,8-12H2,1-2H3. The number of nitrogens with zero attached hydrogens (tertiary/aromatic N) is 3. The molecule has 19 heavy (non-hydrogen) atoms. The van der Waals surface area contributed by atoms with E-state index in [9.17, 15) is 0 Å². The van der Waals surface area contributed by atoms with Crippen LogP contribution < -0.4 is 9.80 Å². The molecule has 0 unspecified atom stereocenters. The Morgan fingerprint density at radius 2 is 1.89 bits per heavy atom. The van der Waals surface area contributed by atoms with Crippen molar-refractivity contribution in [3.63, 3.8) is 0 Å². The van der Waals surface area contributed by atoms with Gasteiger partial charge >= 0.3 is 0 Å². The summed E-state index contributed by atoms with van der Waals surface area (Å²) >= 11 is 0. The average Bonchev–Trinajstić information content (AvgIpc) is 2.47. The zero-order chi connectivity index (χ0) is 13.2. The monoisotopic (exact) mass is 257 g/mol. The molecule has 0 aliphatic carbocycles. The number of piperazine rings is 1. The molecule has 2 heterocycles. The summed E-state index contributed by atoms with van der Waals surface area (Å²) in [6, 6.07) is 6.92. The van der Waals surface area contributed by atoms with Crippen LogP contribution in [-0.2, 0) is 0 Å². The van der Waals surface area contributed by atoms with Gasteiger partial charge in [-0.3, -0.25) is 0 Å². The molecule has 0 aromatic heterocycles. The van der Waals surface area contributed by atoms with Gasteiger partial charge in [0.2, 0.25) is 0 Å². The highest BCUT2D eigenvalue weighted by molar-refractivity contribution is 5.75. The van der Waals surface area contributed by atoms with E-state index < -0.39 is 0 Å². The van der Waals surface area contributed by atoms with Gasteiger partial charge in [0.25, 0.3) is 0 Å². The fraction of sp³-hybridized carbons (Fsp3) is 0.500. The molecule has 2 aliphatic rings. The van der Waals surface area contributed by atoms with Gasteiger partial charge in [0, 0.05) is 50.6 Å². The Labute approximate surface area is 116 Å². The van der Waals surface area contributed by atoms with E-state index >= 15 is 0 Å². The van der Waals surface area contributed by atoms with E-state index in [0.717, 1.165) is 39.3 Å². The summed E-state index contributed by atoms with van der Waals surface area (Å²) in [6.07, 6.45) is 4.53. The highest BCUT2D eigenvalue weighted by Crippen LogP contribution is 2.30. The Bertz CT molecular complexity index is 473. The van der Waals surface area contributed by atoms with Crippen LogP contribution in [0.15, 0.2) is 24.3 Å². The number of hydrogen-bond donors (Lipinski definition) is 0. The van der Waals surface area contributed by atoms with Crippen molar-refractivity contribution in [1.82, 2.24) is 4.90 Å². The molecule has 3 nitrogen and oxygen atoms in total. The van der Waals surface area contributed by atoms with E-state index in [1.165, 1.54) is 16.9 Å².